The Hall–Kier alpha value is -2.68. The molecule has 2 aromatic heterocycles. The van der Waals surface area contributed by atoms with E-state index in [1.165, 1.54) is 11.3 Å². The number of nitrogens with one attached hydrogen (secondary N) is 1. The van der Waals surface area contributed by atoms with Crippen molar-refractivity contribution in [2.75, 3.05) is 5.32 Å². The predicted octanol–water partition coefficient (Wildman–Crippen LogP) is 5.92. The maximum atomic E-state index is 12.5. The Morgan fingerprint density at radius 1 is 1.18 bits per heavy atom. The Balaban J connectivity index is 1.67. The molecule has 0 bridgehead atoms. The minimum atomic E-state index is -1.14. The van der Waals surface area contributed by atoms with Crippen LogP contribution in [0, 0.1) is 0 Å². The first-order chi connectivity index (χ1) is 13.4. The number of carbonyl (C=O) groups excluding carboxylic acids is 1. The van der Waals surface area contributed by atoms with E-state index in [1.54, 1.807) is 35.7 Å². The fourth-order valence-corrected chi connectivity index (χ4v) is 4.08. The van der Waals surface area contributed by atoms with Crippen molar-refractivity contribution in [2.24, 2.45) is 0 Å². The molecule has 0 aliphatic carbocycles. The second-order valence-electron chi connectivity index (χ2n) is 5.75. The molecule has 0 fully saturated rings. The standard InChI is InChI=1S/C19H10BrClN2O4S/c20-10-3-1-9(2-4-10)16-15(19(25)26)13(8-28-16)22-17(24)18-23-12-7-11(21)5-6-14(12)27-18/h1-8H,(H,22,24)(H,25,26). The molecule has 0 radical (unpaired) electrons. The summed E-state index contributed by atoms with van der Waals surface area (Å²) in [5.41, 5.74) is 1.79. The number of hydrogen-bond donors (Lipinski definition) is 2. The molecule has 9 heteroatoms. The van der Waals surface area contributed by atoms with E-state index in [-0.39, 0.29) is 17.1 Å². The molecule has 0 saturated carbocycles. The van der Waals surface area contributed by atoms with Crippen LogP contribution in [0.25, 0.3) is 21.5 Å². The van der Waals surface area contributed by atoms with Gasteiger partial charge in [0.05, 0.1) is 10.6 Å². The smallest absolute Gasteiger partial charge is 0.339 e. The number of aromatic nitrogens is 1. The molecule has 1 amide bonds. The van der Waals surface area contributed by atoms with E-state index >= 15 is 0 Å². The van der Waals surface area contributed by atoms with Gasteiger partial charge in [0.2, 0.25) is 0 Å². The second kappa shape index (κ2) is 7.38. The van der Waals surface area contributed by atoms with E-state index in [4.69, 9.17) is 16.0 Å². The molecule has 28 heavy (non-hydrogen) atoms. The van der Waals surface area contributed by atoms with E-state index in [0.29, 0.717) is 21.0 Å². The van der Waals surface area contributed by atoms with Crippen LogP contribution in [0.5, 0.6) is 0 Å². The number of amides is 1. The minimum absolute atomic E-state index is 0.0137. The summed E-state index contributed by atoms with van der Waals surface area (Å²) in [6.45, 7) is 0. The lowest BCUT2D eigenvalue weighted by molar-refractivity contribution is 0.0699. The molecular formula is C19H10BrClN2O4S. The van der Waals surface area contributed by atoms with Crippen LogP contribution < -0.4 is 5.32 Å². The molecule has 0 aliphatic heterocycles. The quantitative estimate of drug-likeness (QED) is 0.380. The van der Waals surface area contributed by atoms with E-state index in [0.717, 1.165) is 10.0 Å². The summed E-state index contributed by atoms with van der Waals surface area (Å²) in [5, 5.41) is 14.3. The van der Waals surface area contributed by atoms with Crippen molar-refractivity contribution in [3.05, 3.63) is 68.8 Å². The Kier molecular flexibility index (Phi) is 4.92. The number of rotatable bonds is 4. The monoisotopic (exact) mass is 476 g/mol. The number of carbonyl (C=O) groups is 2. The molecular weight excluding hydrogens is 468 g/mol. The van der Waals surface area contributed by atoms with E-state index in [9.17, 15) is 14.7 Å². The molecule has 4 rings (SSSR count). The average molecular weight is 478 g/mol. The van der Waals surface area contributed by atoms with Crippen molar-refractivity contribution < 1.29 is 19.1 Å². The van der Waals surface area contributed by atoms with Crippen LogP contribution in [-0.4, -0.2) is 22.0 Å². The lowest BCUT2D eigenvalue weighted by Crippen LogP contribution is -2.14. The maximum Gasteiger partial charge on any atom is 0.339 e. The van der Waals surface area contributed by atoms with Gasteiger partial charge in [-0.05, 0) is 35.9 Å². The van der Waals surface area contributed by atoms with Crippen LogP contribution >= 0.6 is 38.9 Å². The van der Waals surface area contributed by atoms with Gasteiger partial charge in [0.15, 0.2) is 5.58 Å². The average Bonchev–Trinajstić information content (AvgIpc) is 3.26. The SMILES string of the molecule is O=C(Nc1csc(-c2ccc(Br)cc2)c1C(=O)O)c1nc2cc(Cl)ccc2o1. The number of thiophene rings is 1. The maximum absolute atomic E-state index is 12.5. The van der Waals surface area contributed by atoms with Gasteiger partial charge < -0.3 is 14.8 Å². The van der Waals surface area contributed by atoms with Crippen molar-refractivity contribution >= 4 is 67.5 Å². The zero-order valence-electron chi connectivity index (χ0n) is 13.9. The van der Waals surface area contributed by atoms with Crippen molar-refractivity contribution in [2.45, 2.75) is 0 Å². The van der Waals surface area contributed by atoms with Crippen LogP contribution in [0.15, 0.2) is 56.7 Å². The summed E-state index contributed by atoms with van der Waals surface area (Å²) in [6.07, 6.45) is 0. The van der Waals surface area contributed by atoms with Crippen LogP contribution in [0.2, 0.25) is 5.02 Å². The van der Waals surface area contributed by atoms with Gasteiger partial charge in [-0.2, -0.15) is 0 Å². The first kappa shape index (κ1) is 18.7. The first-order valence-electron chi connectivity index (χ1n) is 7.90. The normalized spacial score (nSPS) is 10.9. The number of benzene rings is 2. The molecule has 4 aromatic rings. The third kappa shape index (κ3) is 3.54. The molecule has 140 valence electrons. The molecule has 0 aliphatic rings. The zero-order chi connectivity index (χ0) is 19.8. The molecule has 0 unspecified atom stereocenters. The number of carboxylic acid groups (broad SMARTS) is 1. The lowest BCUT2D eigenvalue weighted by Gasteiger charge is -2.04. The Morgan fingerprint density at radius 2 is 1.93 bits per heavy atom. The third-order valence-corrected chi connectivity index (χ3v) is 5.70. The van der Waals surface area contributed by atoms with E-state index in [1.807, 2.05) is 12.1 Å². The van der Waals surface area contributed by atoms with Crippen molar-refractivity contribution in [3.63, 3.8) is 0 Å². The summed E-state index contributed by atoms with van der Waals surface area (Å²) in [4.78, 5) is 29.0. The molecule has 2 aromatic carbocycles. The highest BCUT2D eigenvalue weighted by Gasteiger charge is 2.23. The number of nitrogens with zero attached hydrogens (tertiary/aromatic N) is 1. The molecule has 2 heterocycles. The number of aromatic carboxylic acids is 1. The van der Waals surface area contributed by atoms with E-state index < -0.39 is 11.9 Å². The highest BCUT2D eigenvalue weighted by Crippen LogP contribution is 2.36. The van der Waals surface area contributed by atoms with Gasteiger partial charge in [-0.25, -0.2) is 9.78 Å². The van der Waals surface area contributed by atoms with Crippen molar-refractivity contribution in [1.82, 2.24) is 4.98 Å². The number of fused-ring (bicyclic) bond motifs is 1. The summed E-state index contributed by atoms with van der Waals surface area (Å²) in [5.74, 6) is -1.96. The van der Waals surface area contributed by atoms with Gasteiger partial charge in [0.25, 0.3) is 5.89 Å². The summed E-state index contributed by atoms with van der Waals surface area (Å²) >= 11 is 10.5. The van der Waals surface area contributed by atoms with Gasteiger partial charge in [-0.15, -0.1) is 11.3 Å². The Labute approximate surface area is 175 Å². The number of anilines is 1. The highest BCUT2D eigenvalue weighted by atomic mass is 79.9. The van der Waals surface area contributed by atoms with Crippen LogP contribution in [0.1, 0.15) is 21.0 Å². The van der Waals surface area contributed by atoms with Crippen molar-refractivity contribution in [3.8, 4) is 10.4 Å². The molecule has 6 nitrogen and oxygen atoms in total. The van der Waals surface area contributed by atoms with Gasteiger partial charge in [-0.1, -0.05) is 39.7 Å². The van der Waals surface area contributed by atoms with Gasteiger partial charge >= 0.3 is 11.9 Å². The Morgan fingerprint density at radius 3 is 2.64 bits per heavy atom. The third-order valence-electron chi connectivity index (χ3n) is 3.90. The summed E-state index contributed by atoms with van der Waals surface area (Å²) < 4.78 is 6.31. The topological polar surface area (TPSA) is 92.4 Å². The molecule has 0 atom stereocenters. The number of hydrogen-bond acceptors (Lipinski definition) is 5. The molecule has 2 N–H and O–H groups in total. The highest BCUT2D eigenvalue weighted by molar-refractivity contribution is 9.10. The van der Waals surface area contributed by atoms with Crippen molar-refractivity contribution in [1.29, 1.82) is 0 Å². The van der Waals surface area contributed by atoms with Gasteiger partial charge in [0.1, 0.15) is 11.1 Å². The first-order valence-corrected chi connectivity index (χ1v) is 9.95. The van der Waals surface area contributed by atoms with Gasteiger partial charge in [-0.3, -0.25) is 4.79 Å². The number of halogens is 2. The fourth-order valence-electron chi connectivity index (χ4n) is 2.65. The Bertz CT molecular complexity index is 1220. The number of oxazole rings is 1. The predicted molar refractivity (Wildman–Crippen MR) is 111 cm³/mol. The van der Waals surface area contributed by atoms with Crippen LogP contribution in [0.4, 0.5) is 5.69 Å². The van der Waals surface area contributed by atoms with Crippen LogP contribution in [-0.2, 0) is 0 Å². The summed E-state index contributed by atoms with van der Waals surface area (Å²) in [6, 6.07) is 12.1. The summed E-state index contributed by atoms with van der Waals surface area (Å²) in [7, 11) is 0. The lowest BCUT2D eigenvalue weighted by atomic mass is 10.1. The van der Waals surface area contributed by atoms with Crippen LogP contribution in [0.3, 0.4) is 0 Å². The molecule has 0 saturated heterocycles. The number of carboxylic acids is 1. The van der Waals surface area contributed by atoms with Gasteiger partial charge in [0, 0.05) is 14.9 Å². The zero-order valence-corrected chi connectivity index (χ0v) is 17.1. The van der Waals surface area contributed by atoms with E-state index in [2.05, 4.69) is 26.2 Å². The molecule has 0 spiro atoms. The minimum Gasteiger partial charge on any atom is -0.478 e. The largest absolute Gasteiger partial charge is 0.478 e. The second-order valence-corrected chi connectivity index (χ2v) is 7.98. The fraction of sp³-hybridized carbons (Fsp3) is 0.